The van der Waals surface area contributed by atoms with Gasteiger partial charge < -0.3 is 30.7 Å². The summed E-state index contributed by atoms with van der Waals surface area (Å²) in [5, 5.41) is 26.3. The highest BCUT2D eigenvalue weighted by Gasteiger charge is 2.27. The first-order chi connectivity index (χ1) is 33.3. The van der Waals surface area contributed by atoms with Crippen LogP contribution in [0.25, 0.3) is 0 Å². The van der Waals surface area contributed by atoms with Crippen molar-refractivity contribution < 1.29 is 38.2 Å². The maximum atomic E-state index is 13.5. The number of hydrogen-bond donors (Lipinski definition) is 4. The number of carbonyl (C=O) groups excluding carboxylic acids is 6. The minimum Gasteiger partial charge on any atom is -0.494 e. The Kier molecular flexibility index (Phi) is 19.8. The van der Waals surface area contributed by atoms with Gasteiger partial charge in [-0.1, -0.05) is 35.3 Å². The Morgan fingerprint density at radius 1 is 0.557 bits per heavy atom. The Bertz CT molecular complexity index is 2860. The number of amides is 4. The van der Waals surface area contributed by atoms with Crippen LogP contribution in [0.2, 0.25) is 10.0 Å². The predicted octanol–water partition coefficient (Wildman–Crippen LogP) is 13.0. The van der Waals surface area contributed by atoms with Crippen LogP contribution in [-0.4, -0.2) is 60.5 Å². The molecule has 0 heterocycles. The van der Waals surface area contributed by atoms with Crippen LogP contribution in [0.1, 0.15) is 89.7 Å². The summed E-state index contributed by atoms with van der Waals surface area (Å²) in [6.45, 7) is 10.3. The lowest BCUT2D eigenvalue weighted by Crippen LogP contribution is -2.32. The fraction of sp³-hybridized carbons (Fsp3) is 0.265. The third-order valence-corrected chi connectivity index (χ3v) is 11.5. The number of benzene rings is 5. The number of ether oxygens (including phenoxy) is 2. The number of carbonyl (C=O) groups is 6. The first kappa shape index (κ1) is 54.5. The number of nitrogens with zero attached hydrogens (tertiary/aromatic N) is 4. The Morgan fingerprint density at radius 3 is 1.40 bits per heavy atom. The Hall–Kier alpha value is -6.43. The lowest BCUT2D eigenvalue weighted by atomic mass is 10.1. The van der Waals surface area contributed by atoms with Gasteiger partial charge in [0, 0.05) is 40.8 Å². The van der Waals surface area contributed by atoms with Crippen molar-refractivity contribution in [3.8, 4) is 11.5 Å². The molecule has 0 saturated carbocycles. The molecule has 4 amide bonds. The lowest BCUT2D eigenvalue weighted by molar-refractivity contribution is -0.127. The van der Waals surface area contributed by atoms with Crippen molar-refractivity contribution in [1.29, 1.82) is 0 Å². The highest BCUT2D eigenvalue weighted by molar-refractivity contribution is 6.35. The molecule has 21 heteroatoms. The lowest BCUT2D eigenvalue weighted by Gasteiger charge is -2.15. The molecule has 0 fully saturated rings. The summed E-state index contributed by atoms with van der Waals surface area (Å²) >= 11 is 31.8. The molecule has 0 aromatic heterocycles. The standard InChI is InChI=1S/C49H47Cl5N8O8/c1-7-69-33-12-14-35(25(3)51)42(22-33)57-46(65)37-20-31(9-16-39(37)53)59-61-44(27(5)63)48(67)55-30-11-18-41(29(19-30)24-50)56-49(68)45(28(6)64)62-60-32-10-17-40(54)38(21-32)47(66)58-43-23-34(70-8-2)13-15-36(43)26(4)52/h9-23,25-26,44-45H,7-8,24H2,1-6H3,(H,55,67)(H,56,68)(H,57,65)(H,58,66). The monoisotopic (exact) mass is 1050 g/mol. The zero-order chi connectivity index (χ0) is 51.2. The van der Waals surface area contributed by atoms with Crippen LogP contribution in [0, 0.1) is 0 Å². The van der Waals surface area contributed by atoms with Gasteiger partial charge in [0.25, 0.3) is 23.6 Å². The van der Waals surface area contributed by atoms with E-state index in [1.54, 1.807) is 50.2 Å². The van der Waals surface area contributed by atoms with E-state index in [4.69, 9.17) is 67.5 Å². The molecular formula is C49H47Cl5N8O8. The molecule has 16 nitrogen and oxygen atoms in total. The van der Waals surface area contributed by atoms with E-state index in [1.165, 1.54) is 54.6 Å². The molecule has 0 saturated heterocycles. The Morgan fingerprint density at radius 2 is 1.00 bits per heavy atom. The summed E-state index contributed by atoms with van der Waals surface area (Å²) in [4.78, 5) is 79.2. The van der Waals surface area contributed by atoms with Crippen LogP contribution in [0.4, 0.5) is 34.1 Å². The minimum atomic E-state index is -1.62. The molecule has 0 aliphatic heterocycles. The van der Waals surface area contributed by atoms with E-state index in [0.717, 1.165) is 13.8 Å². The number of alkyl halides is 3. The quantitative estimate of drug-likeness (QED) is 0.0314. The van der Waals surface area contributed by atoms with Crippen molar-refractivity contribution in [2.24, 2.45) is 20.5 Å². The summed E-state index contributed by atoms with van der Waals surface area (Å²) in [6.07, 6.45) is 0. The average Bonchev–Trinajstić information content (AvgIpc) is 3.30. The first-order valence-corrected chi connectivity index (χ1v) is 23.7. The fourth-order valence-corrected chi connectivity index (χ4v) is 7.58. The predicted molar refractivity (Wildman–Crippen MR) is 274 cm³/mol. The molecule has 0 aliphatic rings. The maximum absolute atomic E-state index is 13.5. The van der Waals surface area contributed by atoms with E-state index >= 15 is 0 Å². The van der Waals surface area contributed by atoms with Crippen LogP contribution >= 0.6 is 58.0 Å². The summed E-state index contributed by atoms with van der Waals surface area (Å²) in [5.74, 6) is -3.27. The molecule has 0 aliphatic carbocycles. The van der Waals surface area contributed by atoms with Crippen molar-refractivity contribution in [3.05, 3.63) is 129 Å². The second-order valence-electron chi connectivity index (χ2n) is 15.3. The zero-order valence-corrected chi connectivity index (χ0v) is 42.3. The smallest absolute Gasteiger partial charge is 0.258 e. The second kappa shape index (κ2) is 25.4. The summed E-state index contributed by atoms with van der Waals surface area (Å²) in [5.41, 5.74) is 3.11. The molecule has 5 rings (SSSR count). The number of rotatable bonds is 21. The molecule has 366 valence electrons. The van der Waals surface area contributed by atoms with E-state index in [-0.39, 0.29) is 49.8 Å². The molecule has 4 N–H and O–H groups in total. The van der Waals surface area contributed by atoms with E-state index in [1.807, 2.05) is 13.8 Å². The number of ketones is 2. The van der Waals surface area contributed by atoms with Crippen molar-refractivity contribution >= 4 is 127 Å². The molecule has 5 aromatic rings. The van der Waals surface area contributed by atoms with E-state index < -0.39 is 58.0 Å². The molecule has 4 atom stereocenters. The summed E-state index contributed by atoms with van der Waals surface area (Å²) in [7, 11) is 0. The average molecular weight is 1050 g/mol. The van der Waals surface area contributed by atoms with Crippen LogP contribution in [-0.2, 0) is 25.1 Å². The van der Waals surface area contributed by atoms with Gasteiger partial charge in [-0.3, -0.25) is 28.8 Å². The summed E-state index contributed by atoms with van der Waals surface area (Å²) in [6, 6.07) is 19.8. The molecule has 0 radical (unpaired) electrons. The third kappa shape index (κ3) is 14.6. The molecular weight excluding hydrogens is 1010 g/mol. The fourth-order valence-electron chi connectivity index (χ4n) is 6.57. The topological polar surface area (TPSA) is 218 Å². The van der Waals surface area contributed by atoms with Gasteiger partial charge in [0.2, 0.25) is 12.1 Å². The van der Waals surface area contributed by atoms with Gasteiger partial charge in [0.05, 0.1) is 56.5 Å². The summed E-state index contributed by atoms with van der Waals surface area (Å²) < 4.78 is 11.2. The Balaban J connectivity index is 1.27. The number of anilines is 4. The van der Waals surface area contributed by atoms with Gasteiger partial charge >= 0.3 is 0 Å². The SMILES string of the molecule is CCOc1ccc(C(C)Cl)c(NC(=O)c2cc(N=NC(C(C)=O)C(=O)Nc3ccc(NC(=O)C(N=Nc4ccc(Cl)c(C(=O)Nc5cc(OCC)ccc5C(C)Cl)c4)C(C)=O)c(CCl)c3)ccc2Cl)c1. The van der Waals surface area contributed by atoms with Crippen molar-refractivity contribution in [1.82, 2.24) is 0 Å². The van der Waals surface area contributed by atoms with E-state index in [2.05, 4.69) is 41.7 Å². The van der Waals surface area contributed by atoms with Gasteiger partial charge in [-0.05, 0) is 125 Å². The molecule has 70 heavy (non-hydrogen) atoms. The molecule has 4 unspecified atom stereocenters. The van der Waals surface area contributed by atoms with E-state index in [0.29, 0.717) is 52.8 Å². The van der Waals surface area contributed by atoms with Crippen LogP contribution in [0.15, 0.2) is 111 Å². The minimum absolute atomic E-state index is 0.0310. The van der Waals surface area contributed by atoms with Crippen molar-refractivity contribution in [2.75, 3.05) is 34.5 Å². The molecule has 0 bridgehead atoms. The second-order valence-corrected chi connectivity index (χ2v) is 17.7. The van der Waals surface area contributed by atoms with Crippen LogP contribution < -0.4 is 30.7 Å². The van der Waals surface area contributed by atoms with Gasteiger partial charge in [-0.25, -0.2) is 0 Å². The van der Waals surface area contributed by atoms with Gasteiger partial charge in [-0.2, -0.15) is 20.5 Å². The number of nitrogens with one attached hydrogen (secondary N) is 4. The highest BCUT2D eigenvalue weighted by Crippen LogP contribution is 2.35. The van der Waals surface area contributed by atoms with Crippen LogP contribution in [0.5, 0.6) is 11.5 Å². The Labute approximate surface area is 428 Å². The van der Waals surface area contributed by atoms with Gasteiger partial charge in [-0.15, -0.1) is 34.8 Å². The third-order valence-electron chi connectivity index (χ3n) is 10.0. The number of halogens is 5. The largest absolute Gasteiger partial charge is 0.494 e. The number of azo groups is 2. The van der Waals surface area contributed by atoms with Gasteiger partial charge in [0.15, 0.2) is 11.6 Å². The molecule has 0 spiro atoms. The van der Waals surface area contributed by atoms with Crippen molar-refractivity contribution in [2.45, 2.75) is 70.3 Å². The normalized spacial score (nSPS) is 13.0. The number of hydrogen-bond acceptors (Lipinski definition) is 12. The highest BCUT2D eigenvalue weighted by atomic mass is 35.5. The van der Waals surface area contributed by atoms with Crippen molar-refractivity contribution in [3.63, 3.8) is 0 Å². The van der Waals surface area contributed by atoms with Gasteiger partial charge in [0.1, 0.15) is 11.5 Å². The first-order valence-electron chi connectivity index (χ1n) is 21.5. The maximum Gasteiger partial charge on any atom is 0.258 e. The number of Topliss-reactive ketones (excluding diaryl/α,β-unsaturated/α-hetero) is 2. The van der Waals surface area contributed by atoms with Crippen LogP contribution in [0.3, 0.4) is 0 Å². The van der Waals surface area contributed by atoms with E-state index in [9.17, 15) is 28.8 Å². The molecule has 5 aromatic carbocycles. The zero-order valence-electron chi connectivity index (χ0n) is 38.5.